The molecule has 1 heterocycles. The van der Waals surface area contributed by atoms with Crippen molar-refractivity contribution in [3.63, 3.8) is 0 Å². The summed E-state index contributed by atoms with van der Waals surface area (Å²) in [7, 11) is 3.14. The van der Waals surface area contributed by atoms with Crippen LogP contribution in [0.25, 0.3) is 17.1 Å². The molecule has 0 bridgehead atoms. The second-order valence-corrected chi connectivity index (χ2v) is 9.05. The van der Waals surface area contributed by atoms with Gasteiger partial charge in [-0.25, -0.2) is 5.43 Å². The van der Waals surface area contributed by atoms with Gasteiger partial charge >= 0.3 is 0 Å². The molecule has 1 amide bonds. The van der Waals surface area contributed by atoms with Gasteiger partial charge in [-0.1, -0.05) is 53.2 Å². The molecule has 8 nitrogen and oxygen atoms in total. The minimum Gasteiger partial charge on any atom is -0.497 e. The van der Waals surface area contributed by atoms with E-state index >= 15 is 0 Å². The van der Waals surface area contributed by atoms with Crippen LogP contribution in [0, 0.1) is 6.92 Å². The van der Waals surface area contributed by atoms with Crippen molar-refractivity contribution in [2.75, 3.05) is 20.0 Å². The van der Waals surface area contributed by atoms with Crippen LogP contribution in [0.3, 0.4) is 0 Å². The van der Waals surface area contributed by atoms with Crippen molar-refractivity contribution in [1.82, 2.24) is 20.2 Å². The molecule has 0 aliphatic carbocycles. The SMILES string of the molecule is COc1ccc(OC)c(/C=N\NC(=O)CSc2nnc(-c3ccc(C)cc3)n2-c2ccc(Cl)cc2)c1. The molecule has 0 aliphatic heterocycles. The van der Waals surface area contributed by atoms with E-state index in [0.29, 0.717) is 33.1 Å². The number of halogens is 1. The molecule has 0 saturated heterocycles. The highest BCUT2D eigenvalue weighted by atomic mass is 35.5. The Labute approximate surface area is 218 Å². The number of thioether (sulfide) groups is 1. The monoisotopic (exact) mass is 521 g/mol. The number of methoxy groups -OCH3 is 2. The van der Waals surface area contributed by atoms with E-state index in [1.165, 1.54) is 18.0 Å². The fourth-order valence-electron chi connectivity index (χ4n) is 3.35. The lowest BCUT2D eigenvalue weighted by Gasteiger charge is -2.10. The molecule has 0 saturated carbocycles. The normalized spacial score (nSPS) is 11.0. The molecule has 0 spiro atoms. The summed E-state index contributed by atoms with van der Waals surface area (Å²) in [5, 5.41) is 14.0. The number of carbonyl (C=O) groups is 1. The van der Waals surface area contributed by atoms with Gasteiger partial charge in [-0.15, -0.1) is 10.2 Å². The van der Waals surface area contributed by atoms with Gasteiger partial charge in [0, 0.05) is 21.8 Å². The summed E-state index contributed by atoms with van der Waals surface area (Å²) in [5.41, 5.74) is 6.12. The average molecular weight is 522 g/mol. The van der Waals surface area contributed by atoms with Crippen LogP contribution in [-0.2, 0) is 4.79 Å². The first-order valence-corrected chi connectivity index (χ1v) is 12.3. The summed E-state index contributed by atoms with van der Waals surface area (Å²) in [6, 6.07) is 20.7. The molecule has 0 aliphatic rings. The highest BCUT2D eigenvalue weighted by Crippen LogP contribution is 2.29. The number of benzene rings is 3. The van der Waals surface area contributed by atoms with Crippen molar-refractivity contribution in [2.45, 2.75) is 12.1 Å². The topological polar surface area (TPSA) is 90.6 Å². The highest BCUT2D eigenvalue weighted by Gasteiger charge is 2.17. The van der Waals surface area contributed by atoms with E-state index in [1.807, 2.05) is 47.9 Å². The third kappa shape index (κ3) is 6.05. The largest absolute Gasteiger partial charge is 0.497 e. The number of aryl methyl sites for hydroxylation is 1. The maximum Gasteiger partial charge on any atom is 0.250 e. The Morgan fingerprint density at radius 2 is 1.81 bits per heavy atom. The number of aromatic nitrogens is 3. The molecule has 1 aromatic heterocycles. The summed E-state index contributed by atoms with van der Waals surface area (Å²) < 4.78 is 12.5. The van der Waals surface area contributed by atoms with Crippen LogP contribution >= 0.6 is 23.4 Å². The van der Waals surface area contributed by atoms with E-state index in [-0.39, 0.29) is 11.7 Å². The molecule has 3 aromatic carbocycles. The molecule has 0 radical (unpaired) electrons. The van der Waals surface area contributed by atoms with Gasteiger partial charge in [-0.05, 0) is 49.4 Å². The van der Waals surface area contributed by atoms with Crippen LogP contribution < -0.4 is 14.9 Å². The van der Waals surface area contributed by atoms with Gasteiger partial charge < -0.3 is 9.47 Å². The van der Waals surface area contributed by atoms with E-state index < -0.39 is 0 Å². The van der Waals surface area contributed by atoms with E-state index in [2.05, 4.69) is 20.7 Å². The summed E-state index contributed by atoms with van der Waals surface area (Å²) in [4.78, 5) is 12.5. The standard InChI is InChI=1S/C26H24ClN5O3S/c1-17-4-6-18(7-5-17)25-30-31-26(32(25)21-10-8-20(27)9-11-21)36-16-24(33)29-28-15-19-14-22(34-2)12-13-23(19)35-3/h4-15H,16H2,1-3H3,(H,29,33)/b28-15-. The number of amides is 1. The first-order chi connectivity index (χ1) is 17.5. The van der Waals surface area contributed by atoms with Gasteiger partial charge in [0.05, 0.1) is 26.2 Å². The van der Waals surface area contributed by atoms with Gasteiger partial charge in [0.15, 0.2) is 11.0 Å². The van der Waals surface area contributed by atoms with E-state index in [1.54, 1.807) is 44.6 Å². The average Bonchev–Trinajstić information content (AvgIpc) is 3.32. The fraction of sp³-hybridized carbons (Fsp3) is 0.154. The van der Waals surface area contributed by atoms with Gasteiger partial charge in [0.25, 0.3) is 5.91 Å². The predicted octanol–water partition coefficient (Wildman–Crippen LogP) is 5.16. The maximum absolute atomic E-state index is 12.5. The third-order valence-corrected chi connectivity index (χ3v) is 6.37. The fourth-order valence-corrected chi connectivity index (χ4v) is 4.22. The molecule has 4 rings (SSSR count). The summed E-state index contributed by atoms with van der Waals surface area (Å²) in [6.45, 7) is 2.03. The number of nitrogens with one attached hydrogen (secondary N) is 1. The van der Waals surface area contributed by atoms with Gasteiger partial charge in [0.2, 0.25) is 0 Å². The first kappa shape index (κ1) is 25.3. The first-order valence-electron chi connectivity index (χ1n) is 10.9. The van der Waals surface area contributed by atoms with Crippen molar-refractivity contribution in [2.24, 2.45) is 5.10 Å². The van der Waals surface area contributed by atoms with Gasteiger partial charge in [0.1, 0.15) is 11.5 Å². The lowest BCUT2D eigenvalue weighted by molar-refractivity contribution is -0.118. The van der Waals surface area contributed by atoms with Crippen molar-refractivity contribution in [1.29, 1.82) is 0 Å². The molecule has 0 unspecified atom stereocenters. The zero-order valence-corrected chi connectivity index (χ0v) is 21.5. The van der Waals surface area contributed by atoms with Crippen LogP contribution in [0.15, 0.2) is 77.0 Å². The zero-order chi connectivity index (χ0) is 25.5. The molecule has 10 heteroatoms. The lowest BCUT2D eigenvalue weighted by atomic mass is 10.1. The van der Waals surface area contributed by atoms with E-state index in [9.17, 15) is 4.79 Å². The Morgan fingerprint density at radius 1 is 1.06 bits per heavy atom. The van der Waals surface area contributed by atoms with Crippen LogP contribution in [0.1, 0.15) is 11.1 Å². The highest BCUT2D eigenvalue weighted by molar-refractivity contribution is 7.99. The number of hydrogen-bond donors (Lipinski definition) is 1. The maximum atomic E-state index is 12.5. The lowest BCUT2D eigenvalue weighted by Crippen LogP contribution is -2.20. The molecule has 4 aromatic rings. The number of nitrogens with zero attached hydrogens (tertiary/aromatic N) is 4. The predicted molar refractivity (Wildman–Crippen MR) is 143 cm³/mol. The molecule has 0 fully saturated rings. The minimum absolute atomic E-state index is 0.0895. The van der Waals surface area contributed by atoms with Crippen LogP contribution in [-0.4, -0.2) is 46.9 Å². The van der Waals surface area contributed by atoms with Crippen molar-refractivity contribution in [3.8, 4) is 28.6 Å². The number of hydrazone groups is 1. The van der Waals surface area contributed by atoms with Crippen LogP contribution in [0.2, 0.25) is 5.02 Å². The smallest absolute Gasteiger partial charge is 0.250 e. The van der Waals surface area contributed by atoms with Crippen LogP contribution in [0.4, 0.5) is 0 Å². The Hall–Kier alpha value is -3.82. The molecule has 184 valence electrons. The molecular weight excluding hydrogens is 498 g/mol. The minimum atomic E-state index is -0.291. The van der Waals surface area contributed by atoms with Gasteiger partial charge in [-0.2, -0.15) is 5.10 Å². The third-order valence-electron chi connectivity index (χ3n) is 5.19. The summed E-state index contributed by atoms with van der Waals surface area (Å²) in [5.74, 6) is 1.74. The summed E-state index contributed by atoms with van der Waals surface area (Å²) in [6.07, 6.45) is 1.51. The number of hydrogen-bond acceptors (Lipinski definition) is 7. The Kier molecular flexibility index (Phi) is 8.24. The Balaban J connectivity index is 1.50. The van der Waals surface area contributed by atoms with E-state index in [4.69, 9.17) is 21.1 Å². The zero-order valence-electron chi connectivity index (χ0n) is 19.9. The second kappa shape index (κ2) is 11.7. The van der Waals surface area contributed by atoms with Gasteiger partial charge in [-0.3, -0.25) is 9.36 Å². The number of ether oxygens (including phenoxy) is 2. The second-order valence-electron chi connectivity index (χ2n) is 7.67. The number of carbonyl (C=O) groups excluding carboxylic acids is 1. The molecular formula is C26H24ClN5O3S. The van der Waals surface area contributed by atoms with Crippen molar-refractivity contribution < 1.29 is 14.3 Å². The summed E-state index contributed by atoms with van der Waals surface area (Å²) >= 11 is 7.35. The van der Waals surface area contributed by atoms with E-state index in [0.717, 1.165) is 16.8 Å². The molecule has 36 heavy (non-hydrogen) atoms. The quantitative estimate of drug-likeness (QED) is 0.186. The molecule has 0 atom stereocenters. The Morgan fingerprint density at radius 3 is 2.50 bits per heavy atom. The molecule has 1 N–H and O–H groups in total. The van der Waals surface area contributed by atoms with Crippen LogP contribution in [0.5, 0.6) is 11.5 Å². The van der Waals surface area contributed by atoms with Crippen molar-refractivity contribution in [3.05, 3.63) is 82.9 Å². The number of rotatable bonds is 9. The Bertz CT molecular complexity index is 1370. The van der Waals surface area contributed by atoms with Crippen molar-refractivity contribution >= 4 is 35.5 Å².